The third-order valence-electron chi connectivity index (χ3n) is 3.70. The Hall–Kier alpha value is 0.300. The van der Waals surface area contributed by atoms with Crippen LogP contribution in [0.5, 0.6) is 0 Å². The van der Waals surface area contributed by atoms with Crippen molar-refractivity contribution in [1.29, 1.82) is 0 Å². The van der Waals surface area contributed by atoms with Crippen LogP contribution in [-0.2, 0) is 14.3 Å². The standard InChI is InChI=1S/C15H28N2O3S4.C2H6/c1-14(2,10-16-11(18)6-8-23-21-4)13-15(3,20-13)17-12(19)7-9-24-22-5;1-2/h13H,6-10H2,1-5H3,(H,16,18)(H,17,19);1-2H3. The molecule has 2 unspecified atom stereocenters. The molecule has 2 amide bonds. The Morgan fingerprint density at radius 3 is 2.04 bits per heavy atom. The highest BCUT2D eigenvalue weighted by Crippen LogP contribution is 2.45. The van der Waals surface area contributed by atoms with E-state index < -0.39 is 5.72 Å². The lowest BCUT2D eigenvalue weighted by Crippen LogP contribution is -2.44. The van der Waals surface area contributed by atoms with E-state index in [0.717, 1.165) is 11.5 Å². The van der Waals surface area contributed by atoms with Gasteiger partial charge in [-0.05, 0) is 19.4 Å². The molecule has 1 fully saturated rings. The fraction of sp³-hybridized carbons (Fsp3) is 0.882. The molecular weight excluding hydrogens is 408 g/mol. The molecule has 2 atom stereocenters. The summed E-state index contributed by atoms with van der Waals surface area (Å²) >= 11 is 0. The van der Waals surface area contributed by atoms with Crippen LogP contribution in [0.2, 0.25) is 0 Å². The molecule has 2 N–H and O–H groups in total. The minimum absolute atomic E-state index is 0.00970. The van der Waals surface area contributed by atoms with E-state index in [4.69, 9.17) is 4.74 Å². The molecule has 1 rings (SSSR count). The number of carbonyl (C=O) groups is 2. The van der Waals surface area contributed by atoms with Crippen molar-refractivity contribution < 1.29 is 14.3 Å². The SMILES string of the molecule is CC.CSSCCC(=O)NCC(C)(C)C1OC1(C)NC(=O)CCSSC. The predicted molar refractivity (Wildman–Crippen MR) is 121 cm³/mol. The van der Waals surface area contributed by atoms with E-state index in [1.165, 1.54) is 0 Å². The van der Waals surface area contributed by atoms with Gasteiger partial charge in [0.2, 0.25) is 11.8 Å². The van der Waals surface area contributed by atoms with E-state index in [9.17, 15) is 9.59 Å². The van der Waals surface area contributed by atoms with Crippen LogP contribution < -0.4 is 10.6 Å². The highest BCUT2D eigenvalue weighted by Gasteiger charge is 2.60. The average molecular weight is 443 g/mol. The number of carbonyl (C=O) groups excluding carboxylic acids is 2. The molecular formula is C17H34N2O3S4. The summed E-state index contributed by atoms with van der Waals surface area (Å²) in [4.78, 5) is 23.8. The van der Waals surface area contributed by atoms with Crippen molar-refractivity contribution >= 4 is 55.0 Å². The third-order valence-corrected chi connectivity index (χ3v) is 7.33. The second kappa shape index (κ2) is 13.5. The van der Waals surface area contributed by atoms with Gasteiger partial charge in [-0.2, -0.15) is 0 Å². The molecule has 0 saturated carbocycles. The molecule has 0 spiro atoms. The third kappa shape index (κ3) is 10.0. The van der Waals surface area contributed by atoms with Crippen LogP contribution in [0.15, 0.2) is 0 Å². The molecule has 1 aliphatic rings. The molecule has 0 aliphatic carbocycles. The van der Waals surface area contributed by atoms with Gasteiger partial charge >= 0.3 is 0 Å². The van der Waals surface area contributed by atoms with Crippen LogP contribution in [0.4, 0.5) is 0 Å². The second-order valence-electron chi connectivity index (χ2n) is 6.40. The molecule has 154 valence electrons. The lowest BCUT2D eigenvalue weighted by Gasteiger charge is -2.24. The summed E-state index contributed by atoms with van der Waals surface area (Å²) in [6.45, 7) is 10.5. The van der Waals surface area contributed by atoms with E-state index in [2.05, 4.69) is 24.5 Å². The van der Waals surface area contributed by atoms with Crippen LogP contribution in [0, 0.1) is 5.41 Å². The van der Waals surface area contributed by atoms with Gasteiger partial charge in [-0.25, -0.2) is 0 Å². The van der Waals surface area contributed by atoms with Crippen molar-refractivity contribution in [1.82, 2.24) is 10.6 Å². The summed E-state index contributed by atoms with van der Waals surface area (Å²) in [5.41, 5.74) is -0.859. The summed E-state index contributed by atoms with van der Waals surface area (Å²) < 4.78 is 5.77. The van der Waals surface area contributed by atoms with Gasteiger partial charge in [0.15, 0.2) is 5.72 Å². The highest BCUT2D eigenvalue weighted by molar-refractivity contribution is 8.76. The topological polar surface area (TPSA) is 70.7 Å². The quantitative estimate of drug-likeness (QED) is 0.267. The normalized spacial score (nSPS) is 21.4. The lowest BCUT2D eigenvalue weighted by molar-refractivity contribution is -0.122. The molecule has 26 heavy (non-hydrogen) atoms. The summed E-state index contributed by atoms with van der Waals surface area (Å²) in [5.74, 6) is 1.68. The van der Waals surface area contributed by atoms with Crippen molar-refractivity contribution in [2.75, 3.05) is 30.6 Å². The summed E-state index contributed by atoms with van der Waals surface area (Å²) in [5, 5.41) is 5.95. The van der Waals surface area contributed by atoms with Gasteiger partial charge in [0.05, 0.1) is 0 Å². The largest absolute Gasteiger partial charge is 0.355 e. The van der Waals surface area contributed by atoms with Gasteiger partial charge in [-0.1, -0.05) is 70.9 Å². The molecule has 0 radical (unpaired) electrons. The van der Waals surface area contributed by atoms with E-state index in [1.807, 2.05) is 33.3 Å². The Labute approximate surface area is 174 Å². The van der Waals surface area contributed by atoms with Crippen molar-refractivity contribution in [3.05, 3.63) is 0 Å². The van der Waals surface area contributed by atoms with E-state index in [1.54, 1.807) is 43.2 Å². The summed E-state index contributed by atoms with van der Waals surface area (Å²) in [6, 6.07) is 0. The molecule has 1 aliphatic heterocycles. The van der Waals surface area contributed by atoms with E-state index in [0.29, 0.717) is 19.4 Å². The highest BCUT2D eigenvalue weighted by atomic mass is 33.1. The number of nitrogens with one attached hydrogen (secondary N) is 2. The zero-order chi connectivity index (χ0) is 20.2. The van der Waals surface area contributed by atoms with Crippen LogP contribution >= 0.6 is 43.2 Å². The van der Waals surface area contributed by atoms with Gasteiger partial charge in [0, 0.05) is 36.3 Å². The molecule has 5 nitrogen and oxygen atoms in total. The first kappa shape index (κ1) is 26.3. The van der Waals surface area contributed by atoms with Crippen LogP contribution in [0.1, 0.15) is 47.5 Å². The van der Waals surface area contributed by atoms with Crippen LogP contribution in [-0.4, -0.2) is 54.2 Å². The Balaban J connectivity index is 0.00000301. The van der Waals surface area contributed by atoms with Gasteiger partial charge in [-0.15, -0.1) is 0 Å². The van der Waals surface area contributed by atoms with Crippen molar-refractivity contribution in [3.8, 4) is 0 Å². The molecule has 0 bridgehead atoms. The zero-order valence-electron chi connectivity index (χ0n) is 17.0. The Morgan fingerprint density at radius 2 is 1.54 bits per heavy atom. The molecule has 0 aromatic heterocycles. The summed E-state index contributed by atoms with van der Waals surface area (Å²) in [7, 11) is 6.69. The number of ether oxygens (including phenoxy) is 1. The van der Waals surface area contributed by atoms with E-state index in [-0.39, 0.29) is 23.3 Å². The predicted octanol–water partition coefficient (Wildman–Crippen LogP) is 4.19. The monoisotopic (exact) mass is 442 g/mol. The fourth-order valence-corrected chi connectivity index (χ4v) is 4.86. The molecule has 9 heteroatoms. The second-order valence-corrected chi connectivity index (χ2v) is 11.8. The minimum Gasteiger partial charge on any atom is -0.355 e. The summed E-state index contributed by atoms with van der Waals surface area (Å²) in [6.07, 6.45) is 4.92. The zero-order valence-corrected chi connectivity index (χ0v) is 20.2. The van der Waals surface area contributed by atoms with Gasteiger partial charge < -0.3 is 15.4 Å². The van der Waals surface area contributed by atoms with Crippen molar-refractivity contribution in [2.45, 2.75) is 59.3 Å². The lowest BCUT2D eigenvalue weighted by atomic mass is 9.85. The maximum absolute atomic E-state index is 12.0. The number of amides is 2. The first-order valence-electron chi connectivity index (χ1n) is 8.82. The Kier molecular flexibility index (Phi) is 13.6. The van der Waals surface area contributed by atoms with E-state index >= 15 is 0 Å². The fourth-order valence-electron chi connectivity index (χ4n) is 2.49. The smallest absolute Gasteiger partial charge is 0.223 e. The number of epoxide rings is 1. The Bertz CT molecular complexity index is 438. The Morgan fingerprint density at radius 1 is 1.04 bits per heavy atom. The molecule has 0 aromatic carbocycles. The maximum atomic E-state index is 12.0. The molecule has 1 heterocycles. The minimum atomic E-state index is -0.621. The number of hydrogen-bond acceptors (Lipinski definition) is 7. The first-order valence-corrected chi connectivity index (χ1v) is 14.3. The number of hydrogen-bond donors (Lipinski definition) is 2. The van der Waals surface area contributed by atoms with Crippen molar-refractivity contribution in [3.63, 3.8) is 0 Å². The average Bonchev–Trinajstić information content (AvgIpc) is 3.27. The van der Waals surface area contributed by atoms with Crippen LogP contribution in [0.25, 0.3) is 0 Å². The van der Waals surface area contributed by atoms with Gasteiger partial charge in [-0.3, -0.25) is 9.59 Å². The van der Waals surface area contributed by atoms with Crippen molar-refractivity contribution in [2.24, 2.45) is 5.41 Å². The first-order chi connectivity index (χ1) is 12.2. The number of rotatable bonds is 12. The maximum Gasteiger partial charge on any atom is 0.223 e. The molecule has 0 aromatic rings. The van der Waals surface area contributed by atoms with Gasteiger partial charge in [0.1, 0.15) is 6.10 Å². The van der Waals surface area contributed by atoms with Crippen LogP contribution in [0.3, 0.4) is 0 Å². The van der Waals surface area contributed by atoms with Gasteiger partial charge in [0.25, 0.3) is 0 Å². The molecule has 1 saturated heterocycles.